The van der Waals surface area contributed by atoms with E-state index in [1.165, 1.54) is 0 Å². The largest absolute Gasteiger partial charge is 0.388 e. The lowest BCUT2D eigenvalue weighted by molar-refractivity contribution is 0.102. The minimum Gasteiger partial charge on any atom is -0.388 e. The molecule has 0 bridgehead atoms. The van der Waals surface area contributed by atoms with Gasteiger partial charge in [-0.15, -0.1) is 0 Å². The zero-order valence-corrected chi connectivity index (χ0v) is 7.99. The maximum absolute atomic E-state index is 9.84. The third-order valence-corrected chi connectivity index (χ3v) is 2.71. The van der Waals surface area contributed by atoms with Crippen LogP contribution in [-0.2, 0) is 6.42 Å². The highest BCUT2D eigenvalue weighted by Crippen LogP contribution is 2.32. The van der Waals surface area contributed by atoms with Crippen molar-refractivity contribution in [1.29, 1.82) is 0 Å². The first-order valence-electron chi connectivity index (χ1n) is 4.69. The third kappa shape index (κ3) is 1.44. The number of rotatable bonds is 0. The first-order valence-corrected chi connectivity index (χ1v) is 4.69. The number of fused-ring (bicyclic) bond motifs is 1. The summed E-state index contributed by atoms with van der Waals surface area (Å²) < 4.78 is 0. The molecular formula is C10H14N2O. The molecule has 1 aromatic heterocycles. The highest BCUT2D eigenvalue weighted by Gasteiger charge is 2.25. The number of aromatic nitrogens is 2. The predicted molar refractivity (Wildman–Crippen MR) is 49.2 cm³/mol. The van der Waals surface area contributed by atoms with E-state index in [9.17, 15) is 5.11 Å². The van der Waals surface area contributed by atoms with Crippen LogP contribution in [0.4, 0.5) is 0 Å². The van der Waals surface area contributed by atoms with E-state index in [4.69, 9.17) is 0 Å². The number of nitrogens with zero attached hydrogens (tertiary/aromatic N) is 2. The summed E-state index contributed by atoms with van der Waals surface area (Å²) in [6, 6.07) is 0. The maximum Gasteiger partial charge on any atom is 0.125 e. The molecule has 0 fully saturated rings. The first-order chi connectivity index (χ1) is 6.18. The van der Waals surface area contributed by atoms with Crippen molar-refractivity contribution in [2.24, 2.45) is 5.92 Å². The van der Waals surface area contributed by atoms with Crippen molar-refractivity contribution in [1.82, 2.24) is 9.97 Å². The molecule has 2 atom stereocenters. The molecule has 0 saturated carbocycles. The van der Waals surface area contributed by atoms with E-state index in [1.807, 2.05) is 6.92 Å². The van der Waals surface area contributed by atoms with Crippen LogP contribution in [0.15, 0.2) is 6.20 Å². The molecule has 2 rings (SSSR count). The summed E-state index contributed by atoms with van der Waals surface area (Å²) in [5, 5.41) is 9.84. The van der Waals surface area contributed by atoms with Gasteiger partial charge in [-0.1, -0.05) is 6.92 Å². The lowest BCUT2D eigenvalue weighted by Gasteiger charge is -2.26. The van der Waals surface area contributed by atoms with E-state index in [2.05, 4.69) is 16.9 Å². The Balaban J connectivity index is 2.44. The minimum atomic E-state index is -0.371. The monoisotopic (exact) mass is 178 g/mol. The average Bonchev–Trinajstić information content (AvgIpc) is 2.12. The molecule has 0 radical (unpaired) electrons. The molecule has 1 aliphatic rings. The zero-order valence-electron chi connectivity index (χ0n) is 7.99. The Kier molecular flexibility index (Phi) is 2.04. The highest BCUT2D eigenvalue weighted by molar-refractivity contribution is 5.23. The molecule has 1 N–H and O–H groups in total. The maximum atomic E-state index is 9.84. The van der Waals surface area contributed by atoms with Crippen molar-refractivity contribution < 1.29 is 5.11 Å². The van der Waals surface area contributed by atoms with Crippen molar-refractivity contribution >= 4 is 0 Å². The Hall–Kier alpha value is -0.960. The van der Waals surface area contributed by atoms with Gasteiger partial charge in [-0.2, -0.15) is 0 Å². The normalized spacial score (nSPS) is 27.0. The molecule has 70 valence electrons. The molecule has 0 aromatic carbocycles. The second-order valence-corrected chi connectivity index (χ2v) is 3.78. The third-order valence-electron chi connectivity index (χ3n) is 2.71. The summed E-state index contributed by atoms with van der Waals surface area (Å²) in [6.45, 7) is 3.94. The van der Waals surface area contributed by atoms with Gasteiger partial charge in [0.15, 0.2) is 0 Å². The van der Waals surface area contributed by atoms with Crippen LogP contribution in [0.5, 0.6) is 0 Å². The van der Waals surface area contributed by atoms with Crippen molar-refractivity contribution in [3.8, 4) is 0 Å². The average molecular weight is 178 g/mol. The van der Waals surface area contributed by atoms with Crippen LogP contribution in [-0.4, -0.2) is 15.1 Å². The van der Waals surface area contributed by atoms with Gasteiger partial charge in [-0.25, -0.2) is 9.97 Å². The van der Waals surface area contributed by atoms with Crippen LogP contribution in [0.25, 0.3) is 0 Å². The molecule has 0 saturated heterocycles. The summed E-state index contributed by atoms with van der Waals surface area (Å²) in [4.78, 5) is 8.43. The summed E-state index contributed by atoms with van der Waals surface area (Å²) in [7, 11) is 0. The molecule has 0 amide bonds. The molecule has 1 aliphatic carbocycles. The van der Waals surface area contributed by atoms with E-state index in [0.29, 0.717) is 5.92 Å². The topological polar surface area (TPSA) is 46.0 Å². The van der Waals surface area contributed by atoms with Gasteiger partial charge in [-0.3, -0.25) is 0 Å². The summed E-state index contributed by atoms with van der Waals surface area (Å²) in [5.74, 6) is 1.12. The standard InChI is InChI=1S/C10H14N2O/c1-6-3-4-9-8(10(6)13)5-11-7(2)12-9/h5-6,10,13H,3-4H2,1-2H3. The van der Waals surface area contributed by atoms with Crippen LogP contribution < -0.4 is 0 Å². The molecule has 0 aliphatic heterocycles. The van der Waals surface area contributed by atoms with Crippen LogP contribution in [0, 0.1) is 12.8 Å². The number of hydrogen-bond donors (Lipinski definition) is 1. The minimum absolute atomic E-state index is 0.332. The fourth-order valence-corrected chi connectivity index (χ4v) is 1.80. The number of hydrogen-bond acceptors (Lipinski definition) is 3. The zero-order chi connectivity index (χ0) is 9.42. The number of aliphatic hydroxyl groups is 1. The van der Waals surface area contributed by atoms with Gasteiger partial charge in [0.1, 0.15) is 5.82 Å². The van der Waals surface area contributed by atoms with Gasteiger partial charge in [0.25, 0.3) is 0 Å². The summed E-state index contributed by atoms with van der Waals surface area (Å²) in [6.07, 6.45) is 3.38. The van der Waals surface area contributed by atoms with Crippen molar-refractivity contribution in [2.45, 2.75) is 32.8 Å². The Morgan fingerprint density at radius 1 is 1.54 bits per heavy atom. The molecule has 3 nitrogen and oxygen atoms in total. The van der Waals surface area contributed by atoms with Gasteiger partial charge in [0.05, 0.1) is 6.10 Å². The van der Waals surface area contributed by atoms with E-state index < -0.39 is 0 Å². The van der Waals surface area contributed by atoms with Crippen LogP contribution in [0.2, 0.25) is 0 Å². The molecular weight excluding hydrogens is 164 g/mol. The van der Waals surface area contributed by atoms with Crippen LogP contribution in [0.3, 0.4) is 0 Å². The van der Waals surface area contributed by atoms with Crippen molar-refractivity contribution in [2.75, 3.05) is 0 Å². The van der Waals surface area contributed by atoms with Crippen LogP contribution in [0.1, 0.15) is 36.5 Å². The molecule has 1 heterocycles. The smallest absolute Gasteiger partial charge is 0.125 e. The fraction of sp³-hybridized carbons (Fsp3) is 0.600. The fourth-order valence-electron chi connectivity index (χ4n) is 1.80. The van der Waals surface area contributed by atoms with E-state index >= 15 is 0 Å². The summed E-state index contributed by atoms with van der Waals surface area (Å²) >= 11 is 0. The van der Waals surface area contributed by atoms with Crippen molar-refractivity contribution in [3.63, 3.8) is 0 Å². The molecule has 1 aromatic rings. The Labute approximate surface area is 77.8 Å². The van der Waals surface area contributed by atoms with E-state index in [0.717, 1.165) is 29.9 Å². The molecule has 2 unspecified atom stereocenters. The Morgan fingerprint density at radius 3 is 3.08 bits per heavy atom. The van der Waals surface area contributed by atoms with Gasteiger partial charge < -0.3 is 5.11 Å². The second-order valence-electron chi connectivity index (χ2n) is 3.78. The van der Waals surface area contributed by atoms with Crippen LogP contribution >= 0.6 is 0 Å². The Morgan fingerprint density at radius 2 is 2.31 bits per heavy atom. The summed E-state index contributed by atoms with van der Waals surface area (Å²) in [5.41, 5.74) is 1.95. The van der Waals surface area contributed by atoms with Crippen molar-refractivity contribution in [3.05, 3.63) is 23.3 Å². The SMILES string of the molecule is Cc1ncc2c(n1)CCC(C)C2O. The Bertz CT molecular complexity index is 325. The lowest BCUT2D eigenvalue weighted by atomic mass is 9.86. The molecule has 3 heteroatoms. The first kappa shape index (κ1) is 8.63. The highest BCUT2D eigenvalue weighted by atomic mass is 16.3. The predicted octanol–water partition coefficient (Wildman–Crippen LogP) is 1.40. The molecule has 13 heavy (non-hydrogen) atoms. The number of aryl methyl sites for hydroxylation is 2. The van der Waals surface area contributed by atoms with Gasteiger partial charge in [0.2, 0.25) is 0 Å². The number of aliphatic hydroxyl groups excluding tert-OH is 1. The van der Waals surface area contributed by atoms with Gasteiger partial charge >= 0.3 is 0 Å². The lowest BCUT2D eigenvalue weighted by Crippen LogP contribution is -2.19. The quantitative estimate of drug-likeness (QED) is 0.653. The molecule has 0 spiro atoms. The van der Waals surface area contributed by atoms with E-state index in [-0.39, 0.29) is 6.10 Å². The van der Waals surface area contributed by atoms with Gasteiger partial charge in [-0.05, 0) is 25.7 Å². The van der Waals surface area contributed by atoms with Gasteiger partial charge in [0, 0.05) is 17.5 Å². The second kappa shape index (κ2) is 3.07. The van der Waals surface area contributed by atoms with E-state index in [1.54, 1.807) is 6.20 Å².